The van der Waals surface area contributed by atoms with Gasteiger partial charge in [-0.25, -0.2) is 18.2 Å². The number of nitrogens with one attached hydrogen (secondary N) is 1. The molecule has 0 saturated heterocycles. The third kappa shape index (κ3) is 4.78. The molecule has 188 valence electrons. The number of alkyl halides is 5. The van der Waals surface area contributed by atoms with Crippen LogP contribution in [0.15, 0.2) is 35.5 Å². The van der Waals surface area contributed by atoms with Crippen molar-refractivity contribution in [3.05, 3.63) is 53.1 Å². The summed E-state index contributed by atoms with van der Waals surface area (Å²) in [6.07, 6.45) is -6.10. The van der Waals surface area contributed by atoms with Crippen LogP contribution < -0.4 is 15.8 Å². The highest BCUT2D eigenvalue weighted by atomic mass is 32.2. The number of thioether (sulfide) groups is 1. The molecule has 1 aromatic heterocycles. The number of carbonyl (C=O) groups excluding carboxylic acids is 1. The van der Waals surface area contributed by atoms with Gasteiger partial charge >= 0.3 is 6.18 Å². The highest BCUT2D eigenvalue weighted by Crippen LogP contribution is 2.68. The van der Waals surface area contributed by atoms with Crippen molar-refractivity contribution in [2.24, 2.45) is 16.6 Å². The first-order valence-corrected chi connectivity index (χ1v) is 11.2. The van der Waals surface area contributed by atoms with Crippen molar-refractivity contribution >= 4 is 28.5 Å². The van der Waals surface area contributed by atoms with Crippen molar-refractivity contribution in [3.63, 3.8) is 0 Å². The van der Waals surface area contributed by atoms with Crippen molar-refractivity contribution in [1.29, 1.82) is 0 Å². The number of rotatable bonds is 6. The third-order valence-electron chi connectivity index (χ3n) is 6.08. The minimum absolute atomic E-state index is 0.00616. The molecule has 0 spiro atoms. The number of ether oxygens (including phenoxy) is 1. The molecular weight excluding hydrogens is 498 g/mol. The number of nitrogens with two attached hydrogens (primary N) is 1. The number of amidine groups is 1. The Bertz CT molecular complexity index is 1210. The SMILES string of the molecule is Cc1cc(OCC(F)(F)F)cnc1C(=O)Nc1ccc(F)c([C@@]2(C)N=C(N)S[C@@]3(C(F)F)CC32)c1. The zero-order chi connectivity index (χ0) is 25.8. The van der Waals surface area contributed by atoms with E-state index >= 15 is 0 Å². The molecule has 1 aliphatic heterocycles. The van der Waals surface area contributed by atoms with Crippen molar-refractivity contribution < 1.29 is 35.9 Å². The lowest BCUT2D eigenvalue weighted by molar-refractivity contribution is -0.153. The van der Waals surface area contributed by atoms with E-state index in [1.165, 1.54) is 32.0 Å². The fraction of sp³-hybridized carbons (Fsp3) is 0.409. The number of anilines is 1. The van der Waals surface area contributed by atoms with E-state index in [1.54, 1.807) is 0 Å². The molecule has 1 aromatic carbocycles. The predicted molar refractivity (Wildman–Crippen MR) is 118 cm³/mol. The Labute approximate surface area is 200 Å². The average molecular weight is 518 g/mol. The Morgan fingerprint density at radius 3 is 2.69 bits per heavy atom. The molecule has 1 unspecified atom stereocenters. The summed E-state index contributed by atoms with van der Waals surface area (Å²) in [6.45, 7) is 1.49. The van der Waals surface area contributed by atoms with Crippen molar-refractivity contribution in [2.45, 2.75) is 43.2 Å². The number of benzene rings is 1. The summed E-state index contributed by atoms with van der Waals surface area (Å²) in [4.78, 5) is 20.9. The second-order valence-electron chi connectivity index (χ2n) is 8.60. The number of pyridine rings is 1. The smallest absolute Gasteiger partial charge is 0.422 e. The summed E-state index contributed by atoms with van der Waals surface area (Å²) in [7, 11) is 0. The minimum Gasteiger partial charge on any atom is -0.482 e. The molecule has 1 fully saturated rings. The first-order valence-electron chi connectivity index (χ1n) is 10.4. The lowest BCUT2D eigenvalue weighted by atomic mass is 9.85. The van der Waals surface area contributed by atoms with Crippen molar-refractivity contribution in [2.75, 3.05) is 11.9 Å². The van der Waals surface area contributed by atoms with E-state index in [0.717, 1.165) is 24.0 Å². The van der Waals surface area contributed by atoms with Crippen LogP contribution in [0.2, 0.25) is 0 Å². The number of halogens is 6. The molecule has 13 heteroatoms. The fourth-order valence-electron chi connectivity index (χ4n) is 4.32. The number of hydrogen-bond acceptors (Lipinski definition) is 6. The highest BCUT2D eigenvalue weighted by Gasteiger charge is 2.71. The first kappa shape index (κ1) is 25.1. The molecule has 3 N–H and O–H groups in total. The summed E-state index contributed by atoms with van der Waals surface area (Å²) in [5.41, 5.74) is 4.78. The summed E-state index contributed by atoms with van der Waals surface area (Å²) < 4.78 is 82.5. The van der Waals surface area contributed by atoms with Crippen LogP contribution in [0.25, 0.3) is 0 Å². The van der Waals surface area contributed by atoms with Gasteiger partial charge in [0.25, 0.3) is 12.3 Å². The number of nitrogens with zero attached hydrogens (tertiary/aromatic N) is 2. The van der Waals surface area contributed by atoms with Crippen LogP contribution in [-0.2, 0) is 5.54 Å². The van der Waals surface area contributed by atoms with Gasteiger partial charge in [0, 0.05) is 17.2 Å². The lowest BCUT2D eigenvalue weighted by Gasteiger charge is -2.34. The topological polar surface area (TPSA) is 89.6 Å². The number of fused-ring (bicyclic) bond motifs is 1. The summed E-state index contributed by atoms with van der Waals surface area (Å²) >= 11 is 0.798. The molecule has 2 heterocycles. The highest BCUT2D eigenvalue weighted by molar-refractivity contribution is 8.15. The molecular formula is C22H20F6N4O2S. The molecule has 0 radical (unpaired) electrons. The largest absolute Gasteiger partial charge is 0.482 e. The lowest BCUT2D eigenvalue weighted by Crippen LogP contribution is -2.38. The molecule has 6 nitrogen and oxygen atoms in total. The zero-order valence-electron chi connectivity index (χ0n) is 18.4. The second kappa shape index (κ2) is 8.61. The quantitative estimate of drug-likeness (QED) is 0.524. The van der Waals surface area contributed by atoms with Gasteiger partial charge < -0.3 is 15.8 Å². The third-order valence-corrected chi connectivity index (χ3v) is 7.39. The van der Waals surface area contributed by atoms with Crippen LogP contribution in [0, 0.1) is 18.7 Å². The van der Waals surface area contributed by atoms with E-state index in [0.29, 0.717) is 0 Å². The standard InChI is InChI=1S/C22H20F6N4O2S/c1-10-5-12(34-9-22(26,27)28)8-30-16(10)17(33)31-11-3-4-14(23)13(6-11)20(2)15-7-21(15,18(24)25)35-19(29)32-20/h3-6,8,15,18H,7,9H2,1-2H3,(H2,29,32)(H,31,33)/t15?,20-,21+/m1/s1. The summed E-state index contributed by atoms with van der Waals surface area (Å²) in [6, 6.07) is 4.92. The van der Waals surface area contributed by atoms with Crippen LogP contribution in [0.5, 0.6) is 5.75 Å². The number of carbonyl (C=O) groups is 1. The Morgan fingerprint density at radius 2 is 2.06 bits per heavy atom. The predicted octanol–water partition coefficient (Wildman–Crippen LogP) is 5.02. The molecule has 2 aromatic rings. The maximum Gasteiger partial charge on any atom is 0.422 e. The van der Waals surface area contributed by atoms with Crippen LogP contribution in [-0.4, -0.2) is 40.0 Å². The van der Waals surface area contributed by atoms with E-state index < -0.39 is 47.1 Å². The van der Waals surface area contributed by atoms with Crippen molar-refractivity contribution in [3.8, 4) is 5.75 Å². The maximum atomic E-state index is 14.8. The molecule has 4 rings (SSSR count). The van der Waals surface area contributed by atoms with Gasteiger partial charge in [0.15, 0.2) is 11.8 Å². The molecule has 2 aliphatic rings. The van der Waals surface area contributed by atoms with Gasteiger partial charge in [-0.15, -0.1) is 0 Å². The Hall–Kier alpha value is -2.96. The normalized spacial score (nSPS) is 25.6. The maximum absolute atomic E-state index is 14.8. The van der Waals surface area contributed by atoms with Gasteiger partial charge in [-0.2, -0.15) is 13.2 Å². The molecule has 35 heavy (non-hydrogen) atoms. The molecule has 0 bridgehead atoms. The van der Waals surface area contributed by atoms with Crippen LogP contribution in [0.1, 0.15) is 35.0 Å². The van der Waals surface area contributed by atoms with Crippen molar-refractivity contribution in [1.82, 2.24) is 4.98 Å². The zero-order valence-corrected chi connectivity index (χ0v) is 19.2. The number of aryl methyl sites for hydroxylation is 1. The molecule has 1 saturated carbocycles. The van der Waals surface area contributed by atoms with Gasteiger partial charge in [-0.1, -0.05) is 11.8 Å². The number of aromatic nitrogens is 1. The average Bonchev–Trinajstić information content (AvgIpc) is 3.50. The first-order chi connectivity index (χ1) is 16.2. The Kier molecular flexibility index (Phi) is 6.18. The van der Waals surface area contributed by atoms with Crippen LogP contribution in [0.3, 0.4) is 0 Å². The molecule has 3 atom stereocenters. The summed E-state index contributed by atoms with van der Waals surface area (Å²) in [5.74, 6) is -2.21. The van der Waals surface area contributed by atoms with E-state index in [-0.39, 0.29) is 39.8 Å². The van der Waals surface area contributed by atoms with E-state index in [4.69, 9.17) is 5.73 Å². The number of aliphatic imine (C=N–C) groups is 1. The van der Waals surface area contributed by atoms with Crippen LogP contribution in [0.4, 0.5) is 32.0 Å². The second-order valence-corrected chi connectivity index (χ2v) is 9.98. The van der Waals surface area contributed by atoms with Gasteiger partial charge in [-0.05, 0) is 50.1 Å². The Balaban J connectivity index is 1.56. The van der Waals surface area contributed by atoms with Gasteiger partial charge in [0.05, 0.1) is 16.5 Å². The Morgan fingerprint density at radius 1 is 1.34 bits per heavy atom. The van der Waals surface area contributed by atoms with Crippen LogP contribution >= 0.6 is 11.8 Å². The summed E-state index contributed by atoms with van der Waals surface area (Å²) in [5, 5.41) is 2.48. The fourth-order valence-corrected chi connectivity index (χ4v) is 5.65. The van der Waals surface area contributed by atoms with E-state index in [2.05, 4.69) is 20.0 Å². The van der Waals surface area contributed by atoms with Gasteiger partial charge in [0.2, 0.25) is 0 Å². The van der Waals surface area contributed by atoms with E-state index in [9.17, 15) is 31.1 Å². The number of amides is 1. The molecule has 1 amide bonds. The molecule has 1 aliphatic carbocycles. The van der Waals surface area contributed by atoms with Gasteiger partial charge in [-0.3, -0.25) is 9.79 Å². The van der Waals surface area contributed by atoms with E-state index in [1.807, 2.05) is 0 Å². The van der Waals surface area contributed by atoms with Gasteiger partial charge in [0.1, 0.15) is 17.3 Å². The number of hydrogen-bond donors (Lipinski definition) is 2. The minimum atomic E-state index is -4.53. The monoisotopic (exact) mass is 518 g/mol.